The van der Waals surface area contributed by atoms with Crippen LogP contribution in [0.1, 0.15) is 54.9 Å². The van der Waals surface area contributed by atoms with E-state index in [0.717, 1.165) is 0 Å². The average molecular weight is 266 g/mol. The highest BCUT2D eigenvalue weighted by Crippen LogP contribution is 2.36. The minimum atomic E-state index is 0.621. The van der Waals surface area contributed by atoms with Crippen LogP contribution in [0.3, 0.4) is 0 Å². The average Bonchev–Trinajstić information content (AvgIpc) is 2.42. The summed E-state index contributed by atoms with van der Waals surface area (Å²) in [7, 11) is 0. The number of aryl methyl sites for hydroxylation is 2. The molecule has 0 radical (unpaired) electrons. The van der Waals surface area contributed by atoms with Crippen molar-refractivity contribution < 1.29 is 0 Å². The summed E-state index contributed by atoms with van der Waals surface area (Å²) in [4.78, 5) is 0. The molecule has 1 atom stereocenters. The quantitative estimate of drug-likeness (QED) is 0.619. The lowest BCUT2D eigenvalue weighted by Gasteiger charge is -2.20. The van der Waals surface area contributed by atoms with E-state index in [9.17, 15) is 0 Å². The molecule has 0 nitrogen and oxygen atoms in total. The van der Waals surface area contributed by atoms with Gasteiger partial charge >= 0.3 is 0 Å². The first-order chi connectivity index (χ1) is 9.56. The summed E-state index contributed by atoms with van der Waals surface area (Å²) in [5.41, 5.74) is 8.55. The maximum absolute atomic E-state index is 2.36. The molecule has 106 valence electrons. The number of hydrogen-bond acceptors (Lipinski definition) is 0. The molecule has 0 aliphatic rings. The molecule has 2 aromatic rings. The summed E-state index contributed by atoms with van der Waals surface area (Å²) >= 11 is 0. The van der Waals surface area contributed by atoms with E-state index in [-0.39, 0.29) is 0 Å². The zero-order valence-corrected chi connectivity index (χ0v) is 13.5. The van der Waals surface area contributed by atoms with Gasteiger partial charge in [0.25, 0.3) is 0 Å². The fraction of sp³-hybridized carbons (Fsp3) is 0.400. The van der Waals surface area contributed by atoms with E-state index in [1.165, 1.54) is 46.2 Å². The molecule has 0 heterocycles. The van der Waals surface area contributed by atoms with Crippen molar-refractivity contribution in [1.29, 1.82) is 0 Å². The first-order valence-corrected chi connectivity index (χ1v) is 7.72. The van der Waals surface area contributed by atoms with Crippen LogP contribution in [0.2, 0.25) is 0 Å². The van der Waals surface area contributed by atoms with Gasteiger partial charge in [-0.1, -0.05) is 56.7 Å². The molecule has 0 fully saturated rings. The monoisotopic (exact) mass is 266 g/mol. The van der Waals surface area contributed by atoms with Crippen molar-refractivity contribution in [3.8, 4) is 11.1 Å². The number of hydrogen-bond donors (Lipinski definition) is 0. The molecule has 0 saturated heterocycles. The molecule has 0 heteroatoms. The van der Waals surface area contributed by atoms with E-state index >= 15 is 0 Å². The maximum Gasteiger partial charge on any atom is -0.0144 e. The molecule has 0 amide bonds. The maximum atomic E-state index is 2.36. The van der Waals surface area contributed by atoms with Crippen LogP contribution in [0.4, 0.5) is 0 Å². The van der Waals surface area contributed by atoms with E-state index in [0.29, 0.717) is 5.92 Å². The molecule has 0 aliphatic heterocycles. The summed E-state index contributed by atoms with van der Waals surface area (Å²) in [5, 5.41) is 0. The molecule has 0 aromatic heterocycles. The van der Waals surface area contributed by atoms with Gasteiger partial charge in [-0.25, -0.2) is 0 Å². The van der Waals surface area contributed by atoms with Crippen LogP contribution in [-0.2, 0) is 0 Å². The van der Waals surface area contributed by atoms with E-state index in [4.69, 9.17) is 0 Å². The molecule has 2 aromatic carbocycles. The molecule has 1 unspecified atom stereocenters. The van der Waals surface area contributed by atoms with E-state index in [2.05, 4.69) is 71.0 Å². The second kappa shape index (κ2) is 6.26. The highest BCUT2D eigenvalue weighted by atomic mass is 14.2. The highest BCUT2D eigenvalue weighted by molar-refractivity contribution is 5.73. The Hall–Kier alpha value is -1.56. The predicted octanol–water partition coefficient (Wildman–Crippen LogP) is 6.18. The Labute approximate surface area is 123 Å². The summed E-state index contributed by atoms with van der Waals surface area (Å²) in [6, 6.07) is 13.4. The van der Waals surface area contributed by atoms with Gasteiger partial charge in [-0.15, -0.1) is 0 Å². The lowest BCUT2D eigenvalue weighted by molar-refractivity contribution is 0.663. The lowest BCUT2D eigenvalue weighted by Crippen LogP contribution is -2.01. The van der Waals surface area contributed by atoms with Crippen LogP contribution in [0, 0.1) is 20.8 Å². The van der Waals surface area contributed by atoms with E-state index in [1.807, 2.05) is 0 Å². The fourth-order valence-electron chi connectivity index (χ4n) is 3.19. The van der Waals surface area contributed by atoms with Crippen LogP contribution >= 0.6 is 0 Å². The smallest absolute Gasteiger partial charge is 0.0144 e. The molecule has 0 aliphatic carbocycles. The van der Waals surface area contributed by atoms with Crippen molar-refractivity contribution in [2.45, 2.75) is 53.4 Å². The lowest BCUT2D eigenvalue weighted by atomic mass is 9.84. The van der Waals surface area contributed by atoms with Gasteiger partial charge in [-0.2, -0.15) is 0 Å². The van der Waals surface area contributed by atoms with Crippen LogP contribution in [0.5, 0.6) is 0 Å². The summed E-state index contributed by atoms with van der Waals surface area (Å²) < 4.78 is 0. The van der Waals surface area contributed by atoms with E-state index < -0.39 is 0 Å². The molecule has 2 rings (SSSR count). The second-order valence-corrected chi connectivity index (χ2v) is 5.97. The zero-order chi connectivity index (χ0) is 14.7. The molecular formula is C20H26. The third-order valence-electron chi connectivity index (χ3n) is 4.43. The predicted molar refractivity (Wildman–Crippen MR) is 89.4 cm³/mol. The summed E-state index contributed by atoms with van der Waals surface area (Å²) in [5.74, 6) is 0.621. The standard InChI is InChI=1S/C20H26/c1-6-9-15(3)20-16(4)11-8-13-19(20)18-12-7-10-14(2)17(18)5/h7-8,10-13,15H,6,9H2,1-5H3. The van der Waals surface area contributed by atoms with Gasteiger partial charge in [0.2, 0.25) is 0 Å². The normalized spacial score (nSPS) is 12.4. The summed E-state index contributed by atoms with van der Waals surface area (Å²) in [6.07, 6.45) is 2.49. The topological polar surface area (TPSA) is 0 Å². The van der Waals surface area contributed by atoms with Crippen LogP contribution < -0.4 is 0 Å². The minimum absolute atomic E-state index is 0.621. The Kier molecular flexibility index (Phi) is 4.65. The number of rotatable bonds is 4. The van der Waals surface area contributed by atoms with Crippen LogP contribution in [0.15, 0.2) is 36.4 Å². The van der Waals surface area contributed by atoms with Crippen LogP contribution in [-0.4, -0.2) is 0 Å². The summed E-state index contributed by atoms with van der Waals surface area (Å²) in [6.45, 7) is 11.3. The van der Waals surface area contributed by atoms with Crippen molar-refractivity contribution >= 4 is 0 Å². The molecule has 0 saturated carbocycles. The van der Waals surface area contributed by atoms with Gasteiger partial charge in [-0.05, 0) is 66.5 Å². The van der Waals surface area contributed by atoms with Gasteiger partial charge in [0.05, 0.1) is 0 Å². The molecule has 0 spiro atoms. The molecule has 0 N–H and O–H groups in total. The van der Waals surface area contributed by atoms with Crippen molar-refractivity contribution in [2.24, 2.45) is 0 Å². The minimum Gasteiger partial charge on any atom is -0.0654 e. The largest absolute Gasteiger partial charge is 0.0654 e. The van der Waals surface area contributed by atoms with Crippen molar-refractivity contribution in [3.05, 3.63) is 58.7 Å². The Balaban J connectivity index is 2.62. The highest BCUT2D eigenvalue weighted by Gasteiger charge is 2.15. The van der Waals surface area contributed by atoms with Crippen molar-refractivity contribution in [3.63, 3.8) is 0 Å². The Morgan fingerprint density at radius 3 is 2.10 bits per heavy atom. The van der Waals surface area contributed by atoms with Gasteiger partial charge in [0.15, 0.2) is 0 Å². The fourth-order valence-corrected chi connectivity index (χ4v) is 3.19. The van der Waals surface area contributed by atoms with Gasteiger partial charge in [-0.3, -0.25) is 0 Å². The third-order valence-corrected chi connectivity index (χ3v) is 4.43. The first-order valence-electron chi connectivity index (χ1n) is 7.72. The Bertz CT molecular complexity index is 593. The van der Waals surface area contributed by atoms with Crippen LogP contribution in [0.25, 0.3) is 11.1 Å². The van der Waals surface area contributed by atoms with Gasteiger partial charge in [0, 0.05) is 0 Å². The molecular weight excluding hydrogens is 240 g/mol. The molecule has 20 heavy (non-hydrogen) atoms. The van der Waals surface area contributed by atoms with Crippen molar-refractivity contribution in [2.75, 3.05) is 0 Å². The van der Waals surface area contributed by atoms with Gasteiger partial charge < -0.3 is 0 Å². The SMILES string of the molecule is CCCC(C)c1c(C)cccc1-c1cccc(C)c1C. The second-order valence-electron chi connectivity index (χ2n) is 5.97. The third kappa shape index (κ3) is 2.80. The number of benzene rings is 2. The van der Waals surface area contributed by atoms with E-state index in [1.54, 1.807) is 0 Å². The van der Waals surface area contributed by atoms with Crippen molar-refractivity contribution in [1.82, 2.24) is 0 Å². The van der Waals surface area contributed by atoms with Gasteiger partial charge in [0.1, 0.15) is 0 Å². The molecule has 0 bridgehead atoms. The zero-order valence-electron chi connectivity index (χ0n) is 13.5. The Morgan fingerprint density at radius 2 is 1.45 bits per heavy atom. The Morgan fingerprint density at radius 1 is 0.850 bits per heavy atom. The first kappa shape index (κ1) is 14.8.